The van der Waals surface area contributed by atoms with E-state index < -0.39 is 12.5 Å². The lowest BCUT2D eigenvalue weighted by Crippen LogP contribution is -2.38. The van der Waals surface area contributed by atoms with Crippen molar-refractivity contribution in [1.82, 2.24) is 10.6 Å². The third-order valence-electron chi connectivity index (χ3n) is 2.36. The van der Waals surface area contributed by atoms with Crippen LogP contribution in [-0.2, 0) is 9.53 Å². The van der Waals surface area contributed by atoms with Gasteiger partial charge in [-0.1, -0.05) is 6.07 Å². The van der Waals surface area contributed by atoms with Crippen LogP contribution in [0.15, 0.2) is 24.3 Å². The molecule has 0 aromatic heterocycles. The molecule has 0 saturated heterocycles. The average Bonchev–Trinajstić information content (AvgIpc) is 2.44. The first-order chi connectivity index (χ1) is 10.0. The molecular weight excluding hydrogens is 286 g/mol. The minimum atomic E-state index is -2.96. The quantitative estimate of drug-likeness (QED) is 0.696. The van der Waals surface area contributed by atoms with E-state index >= 15 is 0 Å². The Morgan fingerprint density at radius 2 is 2.05 bits per heavy atom. The van der Waals surface area contributed by atoms with Gasteiger partial charge in [0, 0.05) is 19.2 Å². The summed E-state index contributed by atoms with van der Waals surface area (Å²) >= 11 is 0. The summed E-state index contributed by atoms with van der Waals surface area (Å²) in [5.74, 6) is -1.06. The number of methoxy groups -OCH3 is 1. The van der Waals surface area contributed by atoms with Crippen LogP contribution in [0.5, 0.6) is 5.75 Å². The van der Waals surface area contributed by atoms with Gasteiger partial charge in [-0.3, -0.25) is 9.59 Å². The van der Waals surface area contributed by atoms with Crippen molar-refractivity contribution < 1.29 is 27.8 Å². The second-order valence-corrected chi connectivity index (χ2v) is 3.93. The largest absolute Gasteiger partial charge is 0.435 e. The van der Waals surface area contributed by atoms with Gasteiger partial charge >= 0.3 is 6.61 Å². The highest BCUT2D eigenvalue weighted by atomic mass is 19.3. The van der Waals surface area contributed by atoms with Crippen molar-refractivity contribution in [2.24, 2.45) is 0 Å². The lowest BCUT2D eigenvalue weighted by molar-refractivity contribution is -0.120. The number of carbonyl (C=O) groups is 2. The Morgan fingerprint density at radius 3 is 2.71 bits per heavy atom. The number of alkyl halides is 2. The molecule has 0 radical (unpaired) electrons. The van der Waals surface area contributed by atoms with Gasteiger partial charge in [-0.2, -0.15) is 8.78 Å². The molecule has 0 aliphatic rings. The molecule has 8 heteroatoms. The number of rotatable bonds is 8. The predicted molar refractivity (Wildman–Crippen MR) is 70.3 cm³/mol. The third-order valence-corrected chi connectivity index (χ3v) is 2.36. The minimum absolute atomic E-state index is 0.123. The van der Waals surface area contributed by atoms with Gasteiger partial charge in [-0.05, 0) is 18.2 Å². The Bertz CT molecular complexity index is 483. The fourth-order valence-corrected chi connectivity index (χ4v) is 1.43. The van der Waals surface area contributed by atoms with Crippen LogP contribution in [0.3, 0.4) is 0 Å². The van der Waals surface area contributed by atoms with E-state index in [1.165, 1.54) is 31.4 Å². The molecule has 2 N–H and O–H groups in total. The highest BCUT2D eigenvalue weighted by Gasteiger charge is 2.10. The molecule has 0 bridgehead atoms. The highest BCUT2D eigenvalue weighted by Crippen LogP contribution is 2.15. The van der Waals surface area contributed by atoms with Crippen molar-refractivity contribution in [3.05, 3.63) is 29.8 Å². The highest BCUT2D eigenvalue weighted by molar-refractivity contribution is 5.96. The molecule has 21 heavy (non-hydrogen) atoms. The monoisotopic (exact) mass is 302 g/mol. The summed E-state index contributed by atoms with van der Waals surface area (Å²) in [6.07, 6.45) is 0. The van der Waals surface area contributed by atoms with E-state index in [0.29, 0.717) is 13.2 Å². The van der Waals surface area contributed by atoms with Crippen molar-refractivity contribution in [3.8, 4) is 5.75 Å². The smallest absolute Gasteiger partial charge is 0.387 e. The van der Waals surface area contributed by atoms with Crippen LogP contribution in [0, 0.1) is 0 Å². The summed E-state index contributed by atoms with van der Waals surface area (Å²) in [5, 5.41) is 4.90. The number of hydrogen-bond acceptors (Lipinski definition) is 4. The van der Waals surface area contributed by atoms with Crippen molar-refractivity contribution in [1.29, 1.82) is 0 Å². The third kappa shape index (κ3) is 6.66. The van der Waals surface area contributed by atoms with E-state index in [2.05, 4.69) is 15.4 Å². The predicted octanol–water partition coefficient (Wildman–Crippen LogP) is 0.780. The van der Waals surface area contributed by atoms with E-state index in [-0.39, 0.29) is 23.8 Å². The zero-order valence-corrected chi connectivity index (χ0v) is 11.4. The molecule has 116 valence electrons. The summed E-state index contributed by atoms with van der Waals surface area (Å²) in [7, 11) is 1.50. The molecule has 1 aromatic carbocycles. The zero-order valence-electron chi connectivity index (χ0n) is 11.4. The summed E-state index contributed by atoms with van der Waals surface area (Å²) in [5.41, 5.74) is 0.123. The maximum atomic E-state index is 12.1. The van der Waals surface area contributed by atoms with Gasteiger partial charge in [0.15, 0.2) is 0 Å². The maximum absolute atomic E-state index is 12.1. The standard InChI is InChI=1S/C13H16F2N2O4/c1-20-6-5-16-11(18)8-17-12(19)9-3-2-4-10(7-9)21-13(14)15/h2-4,7,13H,5-6,8H2,1H3,(H,16,18)(H,17,19). The van der Waals surface area contributed by atoms with Gasteiger partial charge in [0.25, 0.3) is 5.91 Å². The van der Waals surface area contributed by atoms with E-state index in [1.54, 1.807) is 0 Å². The molecule has 1 aromatic rings. The molecule has 0 aliphatic heterocycles. The number of carbonyl (C=O) groups excluding carboxylic acids is 2. The molecule has 0 fully saturated rings. The molecule has 0 atom stereocenters. The zero-order chi connectivity index (χ0) is 15.7. The lowest BCUT2D eigenvalue weighted by Gasteiger charge is -2.08. The number of benzene rings is 1. The number of halogens is 2. The number of hydrogen-bond donors (Lipinski definition) is 2. The second-order valence-electron chi connectivity index (χ2n) is 3.93. The SMILES string of the molecule is COCCNC(=O)CNC(=O)c1cccc(OC(F)F)c1. The fourth-order valence-electron chi connectivity index (χ4n) is 1.43. The molecule has 0 saturated carbocycles. The van der Waals surface area contributed by atoms with Crippen LogP contribution in [0.25, 0.3) is 0 Å². The molecule has 2 amide bonds. The number of ether oxygens (including phenoxy) is 2. The van der Waals surface area contributed by atoms with Gasteiger partial charge in [-0.15, -0.1) is 0 Å². The Morgan fingerprint density at radius 1 is 1.29 bits per heavy atom. The van der Waals surface area contributed by atoms with Gasteiger partial charge in [0.05, 0.1) is 13.2 Å². The minimum Gasteiger partial charge on any atom is -0.435 e. The summed E-state index contributed by atoms with van der Waals surface area (Å²) in [6, 6.07) is 5.31. The first-order valence-electron chi connectivity index (χ1n) is 6.11. The van der Waals surface area contributed by atoms with Gasteiger partial charge in [0.2, 0.25) is 5.91 Å². The first-order valence-corrected chi connectivity index (χ1v) is 6.11. The summed E-state index contributed by atoms with van der Waals surface area (Å²) < 4.78 is 33.1. The van der Waals surface area contributed by atoms with Crippen LogP contribution in [0.2, 0.25) is 0 Å². The molecular formula is C13H16F2N2O4. The van der Waals surface area contributed by atoms with Crippen molar-refractivity contribution in [3.63, 3.8) is 0 Å². The maximum Gasteiger partial charge on any atom is 0.387 e. The van der Waals surface area contributed by atoms with E-state index in [4.69, 9.17) is 4.74 Å². The first kappa shape index (κ1) is 16.8. The molecule has 6 nitrogen and oxygen atoms in total. The topological polar surface area (TPSA) is 76.7 Å². The van der Waals surface area contributed by atoms with Crippen molar-refractivity contribution in [2.75, 3.05) is 26.8 Å². The average molecular weight is 302 g/mol. The van der Waals surface area contributed by atoms with Gasteiger partial charge in [-0.25, -0.2) is 0 Å². The Balaban J connectivity index is 2.46. The Kier molecular flexibility index (Phi) is 7.10. The molecule has 0 unspecified atom stereocenters. The van der Waals surface area contributed by atoms with Crippen molar-refractivity contribution >= 4 is 11.8 Å². The fraction of sp³-hybridized carbons (Fsp3) is 0.385. The van der Waals surface area contributed by atoms with Crippen LogP contribution in [-0.4, -0.2) is 45.2 Å². The van der Waals surface area contributed by atoms with E-state index in [0.717, 1.165) is 0 Å². The Hall–Kier alpha value is -2.22. The van der Waals surface area contributed by atoms with Crippen LogP contribution in [0.1, 0.15) is 10.4 Å². The van der Waals surface area contributed by atoms with Gasteiger partial charge in [0.1, 0.15) is 5.75 Å². The van der Waals surface area contributed by atoms with Crippen LogP contribution >= 0.6 is 0 Å². The number of nitrogens with one attached hydrogen (secondary N) is 2. The van der Waals surface area contributed by atoms with Crippen LogP contribution < -0.4 is 15.4 Å². The molecule has 0 aliphatic carbocycles. The van der Waals surface area contributed by atoms with Crippen LogP contribution in [0.4, 0.5) is 8.78 Å². The van der Waals surface area contributed by atoms with E-state index in [9.17, 15) is 18.4 Å². The van der Waals surface area contributed by atoms with Gasteiger partial charge < -0.3 is 20.1 Å². The molecule has 0 heterocycles. The van der Waals surface area contributed by atoms with E-state index in [1.807, 2.05) is 0 Å². The number of amides is 2. The second kappa shape index (κ2) is 8.85. The summed E-state index contributed by atoms with van der Waals surface area (Å²) in [4.78, 5) is 23.1. The normalized spacial score (nSPS) is 10.3. The molecule has 0 spiro atoms. The Labute approximate surface area is 120 Å². The lowest BCUT2D eigenvalue weighted by atomic mass is 10.2. The van der Waals surface area contributed by atoms with Crippen molar-refractivity contribution in [2.45, 2.75) is 6.61 Å². The molecule has 1 rings (SSSR count). The summed E-state index contributed by atoms with van der Waals surface area (Å²) in [6.45, 7) is -2.48.